The third-order valence-corrected chi connectivity index (χ3v) is 4.56. The number of fused-ring (bicyclic) bond motifs is 1. The molecule has 3 heterocycles. The van der Waals surface area contributed by atoms with Crippen LogP contribution in [-0.2, 0) is 13.1 Å². The molecule has 4 rings (SSSR count). The molecule has 1 aliphatic rings. The summed E-state index contributed by atoms with van der Waals surface area (Å²) in [6.45, 7) is 1.06. The third-order valence-electron chi connectivity index (χ3n) is 3.88. The Labute approximate surface area is 145 Å². The molecule has 0 N–H and O–H groups in total. The van der Waals surface area contributed by atoms with E-state index in [0.717, 1.165) is 17.6 Å². The quantitative estimate of drug-likeness (QED) is 0.625. The zero-order valence-corrected chi connectivity index (χ0v) is 13.5. The normalized spacial score (nSPS) is 13.8. The molecular formula is C14H9BF2N6OS. The summed E-state index contributed by atoms with van der Waals surface area (Å²) < 4.78 is 31.5. The van der Waals surface area contributed by atoms with Gasteiger partial charge in [0, 0.05) is 18.7 Å². The molecule has 0 unspecified atom stereocenters. The first-order valence-electron chi connectivity index (χ1n) is 7.29. The first-order valence-corrected chi connectivity index (χ1v) is 8.06. The average Bonchev–Trinajstić information content (AvgIpc) is 3.22. The summed E-state index contributed by atoms with van der Waals surface area (Å²) in [6, 6.07) is 3.87. The van der Waals surface area contributed by atoms with E-state index < -0.39 is 11.9 Å². The minimum atomic E-state index is -0.807. The maximum Gasteiger partial charge on any atom is 0.320 e. The Bertz CT molecular complexity index is 974. The fourth-order valence-corrected chi connectivity index (χ4v) is 3.20. The largest absolute Gasteiger partial charge is 0.329 e. The molecule has 0 bridgehead atoms. The van der Waals surface area contributed by atoms with E-state index in [0.29, 0.717) is 35.3 Å². The Hall–Kier alpha value is -2.69. The maximum atomic E-state index is 13.3. The van der Waals surface area contributed by atoms with Crippen molar-refractivity contribution in [1.29, 1.82) is 0 Å². The first kappa shape index (κ1) is 15.8. The van der Waals surface area contributed by atoms with E-state index in [4.69, 9.17) is 7.85 Å². The highest BCUT2D eigenvalue weighted by Gasteiger charge is 2.27. The highest BCUT2D eigenvalue weighted by Crippen LogP contribution is 2.23. The van der Waals surface area contributed by atoms with Crippen LogP contribution < -0.4 is 5.46 Å². The van der Waals surface area contributed by atoms with Crippen LogP contribution in [0.5, 0.6) is 0 Å². The topological polar surface area (TPSA) is 76.8 Å². The van der Waals surface area contributed by atoms with Gasteiger partial charge >= 0.3 is 6.08 Å². The molecule has 2 aromatic heterocycles. The van der Waals surface area contributed by atoms with Gasteiger partial charge in [-0.1, -0.05) is 11.5 Å². The van der Waals surface area contributed by atoms with Crippen LogP contribution >= 0.6 is 11.5 Å². The van der Waals surface area contributed by atoms with Gasteiger partial charge < -0.3 is 9.47 Å². The van der Waals surface area contributed by atoms with Gasteiger partial charge in [0.25, 0.3) is 5.91 Å². The van der Waals surface area contributed by atoms with E-state index in [1.165, 1.54) is 12.1 Å². The van der Waals surface area contributed by atoms with E-state index in [1.54, 1.807) is 9.47 Å². The monoisotopic (exact) mass is 358 g/mol. The number of hydrogen-bond donors (Lipinski definition) is 0. The summed E-state index contributed by atoms with van der Waals surface area (Å²) in [7, 11) is 5.52. The van der Waals surface area contributed by atoms with Crippen molar-refractivity contribution < 1.29 is 13.6 Å². The standard InChI is InChI=1S/C14H9BF2N6OS/c15-8-5-7(1-2-9(8)16)13(24)22-3-4-23-10(6-22)19-20-11(23)12-18-14(17)21-25-12/h1-2,5H,3-4,6H2. The molecular weight excluding hydrogens is 349 g/mol. The highest BCUT2D eigenvalue weighted by atomic mass is 32.1. The molecule has 0 saturated heterocycles. The van der Waals surface area contributed by atoms with E-state index in [2.05, 4.69) is 19.6 Å². The van der Waals surface area contributed by atoms with Crippen LogP contribution in [0.15, 0.2) is 18.2 Å². The molecule has 0 fully saturated rings. The average molecular weight is 358 g/mol. The molecule has 1 amide bonds. The summed E-state index contributed by atoms with van der Waals surface area (Å²) in [5, 5.41) is 8.41. The van der Waals surface area contributed by atoms with Crippen LogP contribution in [-0.4, -0.2) is 49.3 Å². The number of carbonyl (C=O) groups excluding carboxylic acids is 1. The van der Waals surface area contributed by atoms with Crippen molar-refractivity contribution in [3.63, 3.8) is 0 Å². The number of carbonyl (C=O) groups is 1. The minimum Gasteiger partial charge on any atom is -0.329 e. The highest BCUT2D eigenvalue weighted by molar-refractivity contribution is 7.08. The second kappa shape index (κ2) is 5.99. The van der Waals surface area contributed by atoms with Crippen LogP contribution in [0.2, 0.25) is 0 Å². The summed E-state index contributed by atoms with van der Waals surface area (Å²) in [4.78, 5) is 17.8. The van der Waals surface area contributed by atoms with Crippen molar-refractivity contribution in [2.45, 2.75) is 13.1 Å². The zero-order chi connectivity index (χ0) is 17.6. The Morgan fingerprint density at radius 2 is 2.08 bits per heavy atom. The molecule has 1 aromatic carbocycles. The van der Waals surface area contributed by atoms with Crippen LogP contribution in [0.25, 0.3) is 10.8 Å². The Morgan fingerprint density at radius 3 is 2.80 bits per heavy atom. The van der Waals surface area contributed by atoms with Crippen molar-refractivity contribution in [3.8, 4) is 10.8 Å². The molecule has 0 spiro atoms. The molecule has 0 saturated carbocycles. The Kier molecular flexibility index (Phi) is 3.79. The lowest BCUT2D eigenvalue weighted by molar-refractivity contribution is 0.0708. The molecule has 3 aromatic rings. The van der Waals surface area contributed by atoms with Crippen LogP contribution in [0.4, 0.5) is 8.78 Å². The van der Waals surface area contributed by atoms with Gasteiger partial charge in [0.15, 0.2) is 16.7 Å². The van der Waals surface area contributed by atoms with Crippen molar-refractivity contribution >= 4 is 30.7 Å². The molecule has 25 heavy (non-hydrogen) atoms. The summed E-state index contributed by atoms with van der Waals surface area (Å²) in [5.41, 5.74) is 0.227. The third kappa shape index (κ3) is 2.80. The van der Waals surface area contributed by atoms with Crippen molar-refractivity contribution in [2.24, 2.45) is 0 Å². The van der Waals surface area contributed by atoms with Crippen molar-refractivity contribution in [2.75, 3.05) is 6.54 Å². The van der Waals surface area contributed by atoms with Gasteiger partial charge in [-0.15, -0.1) is 14.6 Å². The minimum absolute atomic E-state index is 0.0772. The Balaban J connectivity index is 1.58. The fraction of sp³-hybridized carbons (Fsp3) is 0.214. The molecule has 1 aliphatic heterocycles. The number of rotatable bonds is 2. The van der Waals surface area contributed by atoms with Crippen LogP contribution in [0, 0.1) is 11.9 Å². The van der Waals surface area contributed by atoms with Gasteiger partial charge in [-0.25, -0.2) is 4.39 Å². The molecule has 2 radical (unpaired) electrons. The second-order valence-electron chi connectivity index (χ2n) is 5.42. The van der Waals surface area contributed by atoms with Gasteiger partial charge in [-0.3, -0.25) is 4.79 Å². The van der Waals surface area contributed by atoms with Gasteiger partial charge in [-0.05, 0) is 23.7 Å². The maximum absolute atomic E-state index is 13.3. The molecule has 0 atom stereocenters. The van der Waals surface area contributed by atoms with Crippen LogP contribution in [0.1, 0.15) is 16.2 Å². The van der Waals surface area contributed by atoms with Crippen LogP contribution in [0.3, 0.4) is 0 Å². The number of amides is 1. The van der Waals surface area contributed by atoms with Gasteiger partial charge in [0.2, 0.25) is 0 Å². The molecule has 124 valence electrons. The summed E-state index contributed by atoms with van der Waals surface area (Å²) in [6.07, 6.45) is -0.807. The lowest BCUT2D eigenvalue weighted by Crippen LogP contribution is -2.38. The zero-order valence-electron chi connectivity index (χ0n) is 12.7. The fourth-order valence-electron chi connectivity index (χ4n) is 2.64. The van der Waals surface area contributed by atoms with Crippen molar-refractivity contribution in [1.82, 2.24) is 29.0 Å². The van der Waals surface area contributed by atoms with Gasteiger partial charge in [0.05, 0.1) is 6.54 Å². The van der Waals surface area contributed by atoms with Gasteiger partial charge in [0.1, 0.15) is 13.7 Å². The SMILES string of the molecule is [B]c1cc(C(=O)N2CCn3c(nnc3-c3nc(F)ns3)C2)ccc1F. The molecule has 7 nitrogen and oxygen atoms in total. The smallest absolute Gasteiger partial charge is 0.320 e. The lowest BCUT2D eigenvalue weighted by Gasteiger charge is -2.27. The van der Waals surface area contributed by atoms with Gasteiger partial charge in [-0.2, -0.15) is 9.37 Å². The molecule has 11 heteroatoms. The van der Waals surface area contributed by atoms with E-state index in [-0.39, 0.29) is 17.9 Å². The van der Waals surface area contributed by atoms with Crippen molar-refractivity contribution in [3.05, 3.63) is 41.5 Å². The van der Waals surface area contributed by atoms with E-state index >= 15 is 0 Å². The van der Waals surface area contributed by atoms with E-state index in [9.17, 15) is 13.6 Å². The molecule has 0 aliphatic carbocycles. The summed E-state index contributed by atoms with van der Waals surface area (Å²) in [5.74, 6) is 0.142. The Morgan fingerprint density at radius 1 is 1.24 bits per heavy atom. The number of nitrogens with zero attached hydrogens (tertiary/aromatic N) is 6. The number of benzene rings is 1. The predicted octanol–water partition coefficient (Wildman–Crippen LogP) is 0.525. The predicted molar refractivity (Wildman–Crippen MR) is 85.4 cm³/mol. The number of hydrogen-bond acceptors (Lipinski definition) is 6. The van der Waals surface area contributed by atoms with E-state index in [1.807, 2.05) is 0 Å². The number of halogens is 2. The summed E-state index contributed by atoms with van der Waals surface area (Å²) >= 11 is 0.898. The lowest BCUT2D eigenvalue weighted by atomic mass is 9.93. The second-order valence-corrected chi connectivity index (χ2v) is 6.17. The first-order chi connectivity index (χ1) is 12.0. The number of aromatic nitrogens is 5.